The number of aromatic nitrogens is 2. The Balaban J connectivity index is 1.68. The van der Waals surface area contributed by atoms with Gasteiger partial charge < -0.3 is 19.3 Å². The Morgan fingerprint density at radius 1 is 1.06 bits per heavy atom. The summed E-state index contributed by atoms with van der Waals surface area (Å²) in [5, 5.41) is 0. The van der Waals surface area contributed by atoms with Gasteiger partial charge in [0.25, 0.3) is 5.91 Å². The van der Waals surface area contributed by atoms with Crippen LogP contribution < -0.4 is 14.4 Å². The molecule has 1 aliphatic heterocycles. The van der Waals surface area contributed by atoms with Crippen LogP contribution in [0.1, 0.15) is 34.8 Å². The molecule has 0 spiro atoms. The van der Waals surface area contributed by atoms with Crippen molar-refractivity contribution in [2.75, 3.05) is 46.3 Å². The van der Waals surface area contributed by atoms with Crippen LogP contribution in [0.3, 0.4) is 0 Å². The summed E-state index contributed by atoms with van der Waals surface area (Å²) >= 11 is 0. The zero-order valence-electron chi connectivity index (χ0n) is 19.6. The number of amides is 1. The van der Waals surface area contributed by atoms with Gasteiger partial charge in [0.15, 0.2) is 0 Å². The number of hydrogen-bond donors (Lipinski definition) is 0. The summed E-state index contributed by atoms with van der Waals surface area (Å²) in [6, 6.07) is 15.3. The summed E-state index contributed by atoms with van der Waals surface area (Å²) in [4.78, 5) is 26.6. The Morgan fingerprint density at radius 3 is 2.52 bits per heavy atom. The van der Waals surface area contributed by atoms with Gasteiger partial charge in [-0.2, -0.15) is 0 Å². The number of hydrogen-bond acceptors (Lipinski definition) is 6. The van der Waals surface area contributed by atoms with Crippen LogP contribution >= 0.6 is 0 Å². The zero-order valence-corrected chi connectivity index (χ0v) is 19.6. The number of rotatable bonds is 6. The van der Waals surface area contributed by atoms with E-state index in [-0.39, 0.29) is 11.8 Å². The van der Waals surface area contributed by atoms with Gasteiger partial charge in [-0.15, -0.1) is 0 Å². The van der Waals surface area contributed by atoms with E-state index < -0.39 is 0 Å². The molecule has 0 radical (unpaired) electrons. The first-order valence-corrected chi connectivity index (χ1v) is 11.1. The molecule has 0 aliphatic carbocycles. The van der Waals surface area contributed by atoms with Gasteiger partial charge in [-0.3, -0.25) is 4.79 Å². The van der Waals surface area contributed by atoms with Gasteiger partial charge in [0.1, 0.15) is 11.5 Å². The van der Waals surface area contributed by atoms with E-state index in [0.29, 0.717) is 23.8 Å². The van der Waals surface area contributed by atoms with E-state index in [4.69, 9.17) is 14.5 Å². The van der Waals surface area contributed by atoms with Gasteiger partial charge in [-0.05, 0) is 48.7 Å². The molecule has 0 bridgehead atoms. The zero-order chi connectivity index (χ0) is 23.4. The molecule has 0 unspecified atom stereocenters. The van der Waals surface area contributed by atoms with Crippen LogP contribution in [0.5, 0.6) is 11.5 Å². The molecule has 2 aromatic carbocycles. The third-order valence-corrected chi connectivity index (χ3v) is 6.00. The predicted octanol–water partition coefficient (Wildman–Crippen LogP) is 4.25. The van der Waals surface area contributed by atoms with E-state index >= 15 is 0 Å². The van der Waals surface area contributed by atoms with Crippen molar-refractivity contribution >= 4 is 11.9 Å². The van der Waals surface area contributed by atoms with E-state index in [2.05, 4.69) is 4.98 Å². The second-order valence-corrected chi connectivity index (χ2v) is 8.42. The molecule has 33 heavy (non-hydrogen) atoms. The number of piperidine rings is 1. The average Bonchev–Trinajstić information content (AvgIpc) is 2.88. The minimum Gasteiger partial charge on any atom is -0.497 e. The van der Waals surface area contributed by atoms with Gasteiger partial charge in [-0.1, -0.05) is 18.2 Å². The van der Waals surface area contributed by atoms with Crippen LogP contribution in [0.4, 0.5) is 5.95 Å². The number of carbonyl (C=O) groups excluding carboxylic acids is 1. The van der Waals surface area contributed by atoms with Crippen molar-refractivity contribution in [2.24, 2.45) is 0 Å². The first kappa shape index (κ1) is 22.6. The number of nitrogens with zero attached hydrogens (tertiary/aromatic N) is 4. The molecule has 1 amide bonds. The number of ether oxygens (including phenoxy) is 2. The summed E-state index contributed by atoms with van der Waals surface area (Å²) in [6.45, 7) is 1.34. The van der Waals surface area contributed by atoms with Gasteiger partial charge in [0, 0.05) is 50.4 Å². The smallest absolute Gasteiger partial charge is 0.254 e. The van der Waals surface area contributed by atoms with Gasteiger partial charge in [0.2, 0.25) is 5.95 Å². The molecule has 1 aliphatic rings. The molecule has 1 fully saturated rings. The average molecular weight is 447 g/mol. The second-order valence-electron chi connectivity index (χ2n) is 8.42. The van der Waals surface area contributed by atoms with E-state index in [0.717, 1.165) is 42.0 Å². The van der Waals surface area contributed by atoms with Crippen molar-refractivity contribution in [2.45, 2.75) is 18.8 Å². The fraction of sp³-hybridized carbons (Fsp3) is 0.346. The molecule has 7 nitrogen and oxygen atoms in total. The summed E-state index contributed by atoms with van der Waals surface area (Å²) in [7, 11) is 7.14. The fourth-order valence-electron chi connectivity index (χ4n) is 4.25. The quantitative estimate of drug-likeness (QED) is 0.564. The molecule has 0 saturated carbocycles. The maximum atomic E-state index is 13.3. The maximum absolute atomic E-state index is 13.3. The number of anilines is 1. The molecule has 1 atom stereocenters. The van der Waals surface area contributed by atoms with Crippen LogP contribution in [0.25, 0.3) is 11.1 Å². The van der Waals surface area contributed by atoms with Crippen molar-refractivity contribution in [3.63, 3.8) is 0 Å². The van der Waals surface area contributed by atoms with Crippen LogP contribution in [0, 0.1) is 0 Å². The third kappa shape index (κ3) is 4.92. The number of benzene rings is 2. The normalized spacial score (nSPS) is 15.8. The maximum Gasteiger partial charge on any atom is 0.254 e. The summed E-state index contributed by atoms with van der Waals surface area (Å²) in [5.41, 5.74) is 3.58. The Morgan fingerprint density at radius 2 is 1.79 bits per heavy atom. The highest BCUT2D eigenvalue weighted by Gasteiger charge is 2.29. The number of carbonyl (C=O) groups is 1. The van der Waals surface area contributed by atoms with Crippen molar-refractivity contribution in [1.29, 1.82) is 0 Å². The topological polar surface area (TPSA) is 67.8 Å². The van der Waals surface area contributed by atoms with Crippen LogP contribution in [-0.4, -0.2) is 62.2 Å². The molecule has 7 heteroatoms. The van der Waals surface area contributed by atoms with Crippen molar-refractivity contribution in [3.05, 3.63) is 66.0 Å². The van der Waals surface area contributed by atoms with E-state index in [1.165, 1.54) is 0 Å². The minimum atomic E-state index is 0.0171. The number of methoxy groups -OCH3 is 2. The highest BCUT2D eigenvalue weighted by molar-refractivity contribution is 5.94. The lowest BCUT2D eigenvalue weighted by molar-refractivity contribution is 0.0705. The molecular formula is C26H30N4O3. The highest BCUT2D eigenvalue weighted by atomic mass is 16.5. The van der Waals surface area contributed by atoms with Crippen LogP contribution in [0.2, 0.25) is 0 Å². The van der Waals surface area contributed by atoms with E-state index in [1.54, 1.807) is 20.3 Å². The Labute approximate surface area is 195 Å². The first-order chi connectivity index (χ1) is 16.0. The lowest BCUT2D eigenvalue weighted by Crippen LogP contribution is -2.39. The SMILES string of the molecule is COc1cccc(C(=O)N2CCC[C@@H](c3nc(N(C)C)ncc3-c3cccc(OC)c3)C2)c1. The van der Waals surface area contributed by atoms with Crippen LogP contribution in [-0.2, 0) is 0 Å². The molecule has 0 N–H and O–H groups in total. The van der Waals surface area contributed by atoms with Crippen molar-refractivity contribution < 1.29 is 14.3 Å². The van der Waals surface area contributed by atoms with Gasteiger partial charge in [-0.25, -0.2) is 9.97 Å². The lowest BCUT2D eigenvalue weighted by atomic mass is 9.89. The molecule has 2 heterocycles. The molecular weight excluding hydrogens is 416 g/mol. The lowest BCUT2D eigenvalue weighted by Gasteiger charge is -2.33. The minimum absolute atomic E-state index is 0.0171. The highest BCUT2D eigenvalue weighted by Crippen LogP contribution is 2.35. The molecule has 3 aromatic rings. The number of likely N-dealkylation sites (tertiary alicyclic amines) is 1. The third-order valence-electron chi connectivity index (χ3n) is 6.00. The van der Waals surface area contributed by atoms with Gasteiger partial charge >= 0.3 is 0 Å². The molecule has 1 saturated heterocycles. The Hall–Kier alpha value is -3.61. The van der Waals surface area contributed by atoms with E-state index in [9.17, 15) is 4.79 Å². The fourth-order valence-corrected chi connectivity index (χ4v) is 4.25. The summed E-state index contributed by atoms with van der Waals surface area (Å²) in [5.74, 6) is 2.25. The molecule has 4 rings (SSSR count). The van der Waals surface area contributed by atoms with Crippen molar-refractivity contribution in [3.8, 4) is 22.6 Å². The summed E-state index contributed by atoms with van der Waals surface area (Å²) in [6.07, 6.45) is 3.76. The summed E-state index contributed by atoms with van der Waals surface area (Å²) < 4.78 is 10.7. The van der Waals surface area contributed by atoms with Crippen molar-refractivity contribution in [1.82, 2.24) is 14.9 Å². The monoisotopic (exact) mass is 446 g/mol. The standard InChI is InChI=1S/C26H30N4O3/c1-29(2)26-27-16-23(18-8-5-11-21(14-18)32-3)24(28-26)20-10-7-13-30(17-20)25(31)19-9-6-12-22(15-19)33-4/h5-6,8-9,11-12,14-16,20H,7,10,13,17H2,1-4H3/t20-/m1/s1. The Kier molecular flexibility index (Phi) is 6.77. The predicted molar refractivity (Wildman–Crippen MR) is 129 cm³/mol. The molecule has 172 valence electrons. The first-order valence-electron chi connectivity index (χ1n) is 11.1. The van der Waals surface area contributed by atoms with Gasteiger partial charge in [0.05, 0.1) is 19.9 Å². The second kappa shape index (κ2) is 9.90. The van der Waals surface area contributed by atoms with Crippen LogP contribution in [0.15, 0.2) is 54.7 Å². The largest absolute Gasteiger partial charge is 0.497 e. The van der Waals surface area contributed by atoms with E-state index in [1.807, 2.05) is 72.6 Å². The molecule has 1 aromatic heterocycles. The Bertz CT molecular complexity index is 1130.